The molecule has 0 aliphatic heterocycles. The van der Waals surface area contributed by atoms with Gasteiger partial charge < -0.3 is 15.0 Å². The number of nitrogens with two attached hydrogens (primary N) is 1. The van der Waals surface area contributed by atoms with Gasteiger partial charge in [0.05, 0.1) is 12.0 Å². The summed E-state index contributed by atoms with van der Waals surface area (Å²) < 4.78 is 7.17. The Morgan fingerprint density at radius 2 is 1.96 bits per heavy atom. The molecule has 0 unspecified atom stereocenters. The molecule has 1 heterocycles. The summed E-state index contributed by atoms with van der Waals surface area (Å²) in [4.78, 5) is 10.6. The third-order valence-corrected chi connectivity index (χ3v) is 4.90. The number of ether oxygens (including phenoxy) is 1. The van der Waals surface area contributed by atoms with E-state index < -0.39 is 4.92 Å². The molecular formula is C17H17N5O3S. The Kier molecular flexibility index (Phi) is 5.08. The predicted octanol–water partition coefficient (Wildman–Crippen LogP) is 3.27. The zero-order chi connectivity index (χ0) is 18.7. The molecule has 26 heavy (non-hydrogen) atoms. The van der Waals surface area contributed by atoms with Crippen molar-refractivity contribution in [3.8, 4) is 17.1 Å². The minimum atomic E-state index is -0.421. The van der Waals surface area contributed by atoms with Crippen molar-refractivity contribution in [2.75, 3.05) is 12.8 Å². The van der Waals surface area contributed by atoms with Crippen molar-refractivity contribution in [1.82, 2.24) is 14.8 Å². The van der Waals surface area contributed by atoms with Crippen LogP contribution in [-0.4, -0.2) is 26.8 Å². The van der Waals surface area contributed by atoms with E-state index in [2.05, 4.69) is 10.2 Å². The average Bonchev–Trinajstić information content (AvgIpc) is 3.01. The van der Waals surface area contributed by atoms with Crippen molar-refractivity contribution in [3.63, 3.8) is 0 Å². The minimum absolute atomic E-state index is 0.0296. The number of nitrogens with zero attached hydrogens (tertiary/aromatic N) is 4. The number of non-ortho nitro benzene ring substituents is 1. The van der Waals surface area contributed by atoms with Crippen molar-refractivity contribution >= 4 is 23.1 Å². The van der Waals surface area contributed by atoms with Gasteiger partial charge in [-0.1, -0.05) is 11.8 Å². The maximum atomic E-state index is 11.0. The Hall–Kier alpha value is -3.07. The first kappa shape index (κ1) is 17.7. The molecule has 8 nitrogen and oxygen atoms in total. The molecule has 9 heteroatoms. The first-order valence-electron chi connectivity index (χ1n) is 7.69. The summed E-state index contributed by atoms with van der Waals surface area (Å²) in [5.74, 6) is 1.79. The summed E-state index contributed by atoms with van der Waals surface area (Å²) in [6.45, 7) is 0. The summed E-state index contributed by atoms with van der Waals surface area (Å²) in [5.41, 5.74) is 8.06. The van der Waals surface area contributed by atoms with Crippen LogP contribution in [0.15, 0.2) is 47.6 Å². The van der Waals surface area contributed by atoms with E-state index >= 15 is 0 Å². The van der Waals surface area contributed by atoms with Crippen LogP contribution in [0.2, 0.25) is 0 Å². The van der Waals surface area contributed by atoms with Crippen LogP contribution in [0.3, 0.4) is 0 Å². The lowest BCUT2D eigenvalue weighted by molar-refractivity contribution is -0.384. The number of hydrogen-bond donors (Lipinski definition) is 1. The lowest BCUT2D eigenvalue weighted by atomic mass is 10.2. The first-order chi connectivity index (χ1) is 12.5. The lowest BCUT2D eigenvalue weighted by Crippen LogP contribution is -1.97. The van der Waals surface area contributed by atoms with Crippen molar-refractivity contribution in [1.29, 1.82) is 0 Å². The highest BCUT2D eigenvalue weighted by molar-refractivity contribution is 7.98. The second-order valence-electron chi connectivity index (χ2n) is 5.53. The van der Waals surface area contributed by atoms with E-state index in [1.807, 2.05) is 35.9 Å². The summed E-state index contributed by atoms with van der Waals surface area (Å²) in [5, 5.41) is 20.1. The summed E-state index contributed by atoms with van der Waals surface area (Å²) in [7, 11) is 3.41. The lowest BCUT2D eigenvalue weighted by Gasteiger charge is -2.08. The molecule has 2 N–H and O–H groups in total. The second-order valence-corrected chi connectivity index (χ2v) is 6.47. The highest BCUT2D eigenvalue weighted by Crippen LogP contribution is 2.31. The van der Waals surface area contributed by atoms with Gasteiger partial charge in [0.15, 0.2) is 11.0 Å². The number of nitrogen functional groups attached to an aromatic ring is 1. The average molecular weight is 371 g/mol. The number of aromatic nitrogens is 3. The van der Waals surface area contributed by atoms with Crippen LogP contribution in [0.1, 0.15) is 5.56 Å². The summed E-state index contributed by atoms with van der Waals surface area (Å²) in [6, 6.07) is 11.9. The maximum absolute atomic E-state index is 11.0. The fourth-order valence-electron chi connectivity index (χ4n) is 2.46. The van der Waals surface area contributed by atoms with E-state index in [4.69, 9.17) is 10.5 Å². The Morgan fingerprint density at radius 3 is 2.62 bits per heavy atom. The third kappa shape index (κ3) is 3.62. The smallest absolute Gasteiger partial charge is 0.270 e. The van der Waals surface area contributed by atoms with Gasteiger partial charge in [0, 0.05) is 41.7 Å². The van der Waals surface area contributed by atoms with Gasteiger partial charge in [0.1, 0.15) is 5.75 Å². The maximum Gasteiger partial charge on any atom is 0.270 e. The van der Waals surface area contributed by atoms with E-state index in [-0.39, 0.29) is 5.69 Å². The van der Waals surface area contributed by atoms with Gasteiger partial charge in [0.2, 0.25) is 0 Å². The minimum Gasteiger partial charge on any atom is -0.496 e. The molecule has 0 amide bonds. The predicted molar refractivity (Wildman–Crippen MR) is 100 cm³/mol. The number of benzene rings is 2. The molecule has 0 bridgehead atoms. The quantitative estimate of drug-likeness (QED) is 0.306. The van der Waals surface area contributed by atoms with E-state index in [0.29, 0.717) is 22.3 Å². The molecule has 0 atom stereocenters. The highest BCUT2D eigenvalue weighted by Gasteiger charge is 2.15. The van der Waals surface area contributed by atoms with Crippen LogP contribution < -0.4 is 10.5 Å². The molecule has 0 fully saturated rings. The number of methoxy groups -OCH3 is 1. The van der Waals surface area contributed by atoms with Crippen molar-refractivity contribution in [3.05, 3.63) is 58.1 Å². The molecule has 3 rings (SSSR count). The number of rotatable bonds is 6. The van der Waals surface area contributed by atoms with Gasteiger partial charge in [-0.15, -0.1) is 10.2 Å². The Bertz CT molecular complexity index is 940. The van der Waals surface area contributed by atoms with Crippen LogP contribution >= 0.6 is 11.8 Å². The van der Waals surface area contributed by atoms with Crippen molar-refractivity contribution in [2.45, 2.75) is 10.9 Å². The van der Waals surface area contributed by atoms with Crippen LogP contribution in [0.5, 0.6) is 5.75 Å². The second kappa shape index (κ2) is 7.44. The molecule has 1 aromatic heterocycles. The van der Waals surface area contributed by atoms with Crippen molar-refractivity contribution < 1.29 is 9.66 Å². The fraction of sp³-hybridized carbons (Fsp3) is 0.176. The van der Waals surface area contributed by atoms with Crippen LogP contribution in [0, 0.1) is 10.1 Å². The van der Waals surface area contributed by atoms with E-state index in [0.717, 1.165) is 17.0 Å². The number of thioether (sulfide) groups is 1. The number of anilines is 1. The molecule has 134 valence electrons. The normalized spacial score (nSPS) is 10.7. The third-order valence-electron chi connectivity index (χ3n) is 3.84. The Morgan fingerprint density at radius 1 is 1.23 bits per heavy atom. The fourth-order valence-corrected chi connectivity index (χ4v) is 3.35. The number of hydrogen-bond acceptors (Lipinski definition) is 7. The zero-order valence-electron chi connectivity index (χ0n) is 14.2. The molecule has 0 aliphatic rings. The highest BCUT2D eigenvalue weighted by atomic mass is 32.2. The van der Waals surface area contributed by atoms with E-state index in [9.17, 15) is 10.1 Å². The monoisotopic (exact) mass is 371 g/mol. The molecule has 2 aromatic carbocycles. The molecule has 0 saturated heterocycles. The largest absolute Gasteiger partial charge is 0.496 e. The molecule has 0 radical (unpaired) electrons. The molecule has 0 aliphatic carbocycles. The first-order valence-corrected chi connectivity index (χ1v) is 8.67. The topological polar surface area (TPSA) is 109 Å². The molecular weight excluding hydrogens is 354 g/mol. The number of nitro groups is 1. The number of nitro benzene ring substituents is 1. The molecule has 0 saturated carbocycles. The Labute approximate surface area is 154 Å². The molecule has 0 spiro atoms. The standard InChI is InChI=1S/C17H17N5O3S/c1-21-16(11-3-5-13(18)6-4-11)19-20-17(21)26-10-12-9-14(22(23)24)7-8-15(12)25-2/h3-9H,10,18H2,1-2H3. The zero-order valence-corrected chi connectivity index (χ0v) is 15.1. The van der Waals surface area contributed by atoms with Gasteiger partial charge >= 0.3 is 0 Å². The van der Waals surface area contributed by atoms with Crippen LogP contribution in [0.25, 0.3) is 11.4 Å². The summed E-state index contributed by atoms with van der Waals surface area (Å²) >= 11 is 1.43. The van der Waals surface area contributed by atoms with Gasteiger partial charge in [-0.25, -0.2) is 0 Å². The van der Waals surface area contributed by atoms with Gasteiger partial charge in [0.25, 0.3) is 5.69 Å². The van der Waals surface area contributed by atoms with Gasteiger partial charge in [-0.2, -0.15) is 0 Å². The molecule has 3 aromatic rings. The van der Waals surface area contributed by atoms with Crippen LogP contribution in [-0.2, 0) is 12.8 Å². The Balaban J connectivity index is 1.82. The van der Waals surface area contributed by atoms with Crippen molar-refractivity contribution in [2.24, 2.45) is 7.05 Å². The summed E-state index contributed by atoms with van der Waals surface area (Å²) in [6.07, 6.45) is 0. The van der Waals surface area contributed by atoms with Crippen LogP contribution in [0.4, 0.5) is 11.4 Å². The van der Waals surface area contributed by atoms with Gasteiger partial charge in [-0.3, -0.25) is 10.1 Å². The van der Waals surface area contributed by atoms with E-state index in [1.165, 1.54) is 31.0 Å². The van der Waals surface area contributed by atoms with E-state index in [1.54, 1.807) is 6.07 Å². The van der Waals surface area contributed by atoms with Gasteiger partial charge in [-0.05, 0) is 30.3 Å². The SMILES string of the molecule is COc1ccc([N+](=O)[O-])cc1CSc1nnc(-c2ccc(N)cc2)n1C.